The highest BCUT2D eigenvalue weighted by Gasteiger charge is 2.33. The van der Waals surface area contributed by atoms with Crippen molar-refractivity contribution < 1.29 is 24.2 Å². The number of carbonyl (C=O) groups is 2. The van der Waals surface area contributed by atoms with Gasteiger partial charge in [0.05, 0.1) is 32.4 Å². The highest BCUT2D eigenvalue weighted by molar-refractivity contribution is 6.51. The summed E-state index contributed by atoms with van der Waals surface area (Å²) in [7, 11) is 4.07. The second-order valence-corrected chi connectivity index (χ2v) is 7.06. The van der Waals surface area contributed by atoms with E-state index in [1.54, 1.807) is 20.3 Å². The van der Waals surface area contributed by atoms with Gasteiger partial charge in [0.25, 0.3) is 0 Å². The third kappa shape index (κ3) is 4.64. The molecule has 156 valence electrons. The van der Waals surface area contributed by atoms with Gasteiger partial charge in [0.1, 0.15) is 0 Å². The van der Waals surface area contributed by atoms with Crippen molar-refractivity contribution >= 4 is 30.3 Å². The van der Waals surface area contributed by atoms with Crippen molar-refractivity contribution in [3.63, 3.8) is 0 Å². The van der Waals surface area contributed by atoms with E-state index < -0.39 is 5.97 Å². The summed E-state index contributed by atoms with van der Waals surface area (Å²) >= 11 is 0. The van der Waals surface area contributed by atoms with Crippen LogP contribution in [-0.4, -0.2) is 49.2 Å². The Morgan fingerprint density at radius 1 is 1.10 bits per heavy atom. The lowest BCUT2D eigenvalue weighted by atomic mass is 9.73. The number of methoxy groups -OCH3 is 2. The summed E-state index contributed by atoms with van der Waals surface area (Å²) in [6.07, 6.45) is 0.189. The fourth-order valence-corrected chi connectivity index (χ4v) is 3.50. The molecule has 0 saturated carbocycles. The average Bonchev–Trinajstić information content (AvgIpc) is 3.22. The molecule has 0 spiro atoms. The van der Waals surface area contributed by atoms with E-state index in [2.05, 4.69) is 24.1 Å². The molecule has 8 heteroatoms. The van der Waals surface area contributed by atoms with Crippen molar-refractivity contribution in [1.82, 2.24) is 5.01 Å². The second kappa shape index (κ2) is 9.48. The van der Waals surface area contributed by atoms with E-state index in [1.165, 1.54) is 10.5 Å². The second-order valence-electron chi connectivity index (χ2n) is 7.06. The number of amides is 1. The van der Waals surface area contributed by atoms with Crippen LogP contribution in [0.15, 0.2) is 47.6 Å². The van der Waals surface area contributed by atoms with Crippen LogP contribution in [0.4, 0.5) is 0 Å². The number of hydrazone groups is 1. The summed E-state index contributed by atoms with van der Waals surface area (Å²) in [5.41, 5.74) is 3.82. The van der Waals surface area contributed by atoms with Gasteiger partial charge in [0.15, 0.2) is 18.8 Å². The molecule has 1 amide bonds. The summed E-state index contributed by atoms with van der Waals surface area (Å²) in [6, 6.07) is 13.3. The number of carbonyl (C=O) groups excluding carboxylic acids is 1. The molecule has 3 rings (SSSR count). The summed E-state index contributed by atoms with van der Waals surface area (Å²) in [5.74, 6) is -0.171. The van der Waals surface area contributed by atoms with E-state index in [0.29, 0.717) is 17.9 Å². The molecular formula is C22H25BN2O5. The molecule has 0 aromatic heterocycles. The maximum absolute atomic E-state index is 12.8. The highest BCUT2D eigenvalue weighted by atomic mass is 16.5. The molecule has 0 bridgehead atoms. The molecule has 1 heterocycles. The van der Waals surface area contributed by atoms with Crippen LogP contribution in [0.3, 0.4) is 0 Å². The molecule has 1 N–H and O–H groups in total. The number of aliphatic carboxylic acids is 1. The third-order valence-corrected chi connectivity index (χ3v) is 5.21. The number of ether oxygens (including phenoxy) is 2. The first-order valence-corrected chi connectivity index (χ1v) is 9.89. The van der Waals surface area contributed by atoms with Crippen LogP contribution in [0, 0.1) is 0 Å². The molecule has 1 aliphatic rings. The van der Waals surface area contributed by atoms with Crippen LogP contribution in [0.1, 0.15) is 36.4 Å². The quantitative estimate of drug-likeness (QED) is 0.678. The van der Waals surface area contributed by atoms with Crippen LogP contribution in [-0.2, 0) is 9.59 Å². The third-order valence-electron chi connectivity index (χ3n) is 5.21. The van der Waals surface area contributed by atoms with Gasteiger partial charge < -0.3 is 14.6 Å². The molecule has 0 aliphatic carbocycles. The molecule has 1 aliphatic heterocycles. The Hall–Kier alpha value is -3.29. The molecule has 1 unspecified atom stereocenters. The van der Waals surface area contributed by atoms with Crippen molar-refractivity contribution in [1.29, 1.82) is 0 Å². The molecule has 2 aromatic carbocycles. The summed E-state index contributed by atoms with van der Waals surface area (Å²) in [6.45, 7) is 2.10. The number of benzene rings is 2. The normalized spacial score (nSPS) is 15.5. The molecule has 7 nitrogen and oxygen atoms in total. The van der Waals surface area contributed by atoms with Gasteiger partial charge in [-0.25, -0.2) is 5.01 Å². The Morgan fingerprint density at radius 3 is 2.40 bits per heavy atom. The lowest BCUT2D eigenvalue weighted by Gasteiger charge is -2.22. The van der Waals surface area contributed by atoms with E-state index in [0.717, 1.165) is 24.1 Å². The summed E-state index contributed by atoms with van der Waals surface area (Å²) in [4.78, 5) is 23.7. The average molecular weight is 408 g/mol. The zero-order chi connectivity index (χ0) is 21.7. The zero-order valence-electron chi connectivity index (χ0n) is 17.4. The van der Waals surface area contributed by atoms with Crippen LogP contribution in [0.2, 0.25) is 6.82 Å². The number of hydrogen-bond acceptors (Lipinski definition) is 5. The number of rotatable bonds is 8. The van der Waals surface area contributed by atoms with Crippen LogP contribution in [0.5, 0.6) is 11.5 Å². The van der Waals surface area contributed by atoms with Gasteiger partial charge in [-0.05, 0) is 23.3 Å². The van der Waals surface area contributed by atoms with Crippen molar-refractivity contribution in [3.8, 4) is 11.5 Å². The molecular weight excluding hydrogens is 383 g/mol. The summed E-state index contributed by atoms with van der Waals surface area (Å²) in [5, 5.41) is 14.9. The molecule has 0 fully saturated rings. The van der Waals surface area contributed by atoms with E-state index in [9.17, 15) is 9.59 Å². The Morgan fingerprint density at radius 2 is 1.80 bits per heavy atom. The standard InChI is InChI=1S/C22H25BN2O5/c1-23-16-7-4-14(5-8-16)17-13-18(25(24-17)21(26)10-11-22(27)28)15-6-9-19(29-2)20(12-15)30-3/h4-9,12,18,23H,10-11,13H2,1-3H3,(H,27,28). The minimum atomic E-state index is -1.01. The first-order valence-electron chi connectivity index (χ1n) is 9.89. The van der Waals surface area contributed by atoms with Gasteiger partial charge >= 0.3 is 5.97 Å². The van der Waals surface area contributed by atoms with Crippen molar-refractivity contribution in [3.05, 3.63) is 53.6 Å². The smallest absolute Gasteiger partial charge is 0.303 e. The Bertz CT molecular complexity index is 959. The van der Waals surface area contributed by atoms with Crippen molar-refractivity contribution in [2.24, 2.45) is 5.10 Å². The lowest BCUT2D eigenvalue weighted by molar-refractivity contribution is -0.141. The van der Waals surface area contributed by atoms with Crippen LogP contribution in [0.25, 0.3) is 0 Å². The van der Waals surface area contributed by atoms with Crippen LogP contribution < -0.4 is 14.9 Å². The SMILES string of the molecule is CBc1ccc(C2=NN(C(=O)CCC(=O)O)C(c3ccc(OC)c(OC)c3)C2)cc1. The Balaban J connectivity index is 1.94. The van der Waals surface area contributed by atoms with Crippen molar-refractivity contribution in [2.75, 3.05) is 14.2 Å². The van der Waals surface area contributed by atoms with Gasteiger partial charge in [-0.3, -0.25) is 9.59 Å². The number of carboxylic acids is 1. The topological polar surface area (TPSA) is 88.4 Å². The van der Waals surface area contributed by atoms with Crippen LogP contribution >= 0.6 is 0 Å². The van der Waals surface area contributed by atoms with E-state index in [1.807, 2.05) is 24.3 Å². The van der Waals surface area contributed by atoms with Crippen molar-refractivity contribution in [2.45, 2.75) is 32.1 Å². The largest absolute Gasteiger partial charge is 0.493 e. The van der Waals surface area contributed by atoms with Gasteiger partial charge in [0.2, 0.25) is 5.91 Å². The van der Waals surface area contributed by atoms with Gasteiger partial charge in [0, 0.05) is 12.8 Å². The van der Waals surface area contributed by atoms with Gasteiger partial charge in [-0.15, -0.1) is 0 Å². The maximum Gasteiger partial charge on any atom is 0.303 e. The molecule has 2 aromatic rings. The highest BCUT2D eigenvalue weighted by Crippen LogP contribution is 2.37. The Labute approximate surface area is 176 Å². The maximum atomic E-state index is 12.8. The monoisotopic (exact) mass is 408 g/mol. The van der Waals surface area contributed by atoms with Gasteiger partial charge in [-0.1, -0.05) is 42.6 Å². The number of carboxylic acid groups (broad SMARTS) is 1. The molecule has 1 atom stereocenters. The lowest BCUT2D eigenvalue weighted by Crippen LogP contribution is -2.27. The fourth-order valence-electron chi connectivity index (χ4n) is 3.50. The molecule has 30 heavy (non-hydrogen) atoms. The van der Waals surface area contributed by atoms with Gasteiger partial charge in [-0.2, -0.15) is 5.10 Å². The Kier molecular flexibility index (Phi) is 6.77. The number of hydrogen-bond donors (Lipinski definition) is 1. The summed E-state index contributed by atoms with van der Waals surface area (Å²) < 4.78 is 10.7. The first kappa shape index (κ1) is 21.4. The predicted octanol–water partition coefficient (Wildman–Crippen LogP) is 2.36. The zero-order valence-corrected chi connectivity index (χ0v) is 17.4. The first-order chi connectivity index (χ1) is 14.5. The van der Waals surface area contributed by atoms with E-state index >= 15 is 0 Å². The minimum Gasteiger partial charge on any atom is -0.493 e. The van der Waals surface area contributed by atoms with E-state index in [4.69, 9.17) is 14.6 Å². The molecule has 0 radical (unpaired) electrons. The fraction of sp³-hybridized carbons (Fsp3) is 0.318. The minimum absolute atomic E-state index is 0.106. The number of nitrogens with zero attached hydrogens (tertiary/aromatic N) is 2. The predicted molar refractivity (Wildman–Crippen MR) is 116 cm³/mol. The van der Waals surface area contributed by atoms with E-state index in [-0.39, 0.29) is 24.8 Å². The molecule has 0 saturated heterocycles.